The number of hydrogen-bond acceptors (Lipinski definition) is 5. The summed E-state index contributed by atoms with van der Waals surface area (Å²) >= 11 is 6.01. The van der Waals surface area contributed by atoms with Crippen molar-refractivity contribution in [3.05, 3.63) is 53.3 Å². The van der Waals surface area contributed by atoms with Gasteiger partial charge < -0.3 is 14.9 Å². The topological polar surface area (TPSA) is 69.6 Å². The molecule has 2 fully saturated rings. The lowest BCUT2D eigenvalue weighted by molar-refractivity contribution is -0.147. The lowest BCUT2D eigenvalue weighted by Crippen LogP contribution is -2.66. The maximum Gasteiger partial charge on any atom is 0.232 e. The summed E-state index contributed by atoms with van der Waals surface area (Å²) in [5.74, 6) is 0.763. The highest BCUT2D eigenvalue weighted by Crippen LogP contribution is 2.38. The van der Waals surface area contributed by atoms with Crippen molar-refractivity contribution in [2.45, 2.75) is 25.4 Å². The first kappa shape index (κ1) is 18.2. The van der Waals surface area contributed by atoms with E-state index in [-0.39, 0.29) is 5.91 Å². The second-order valence-corrected chi connectivity index (χ2v) is 7.97. The molecule has 1 aromatic heterocycles. The number of carbonyl (C=O) groups excluding carboxylic acids is 1. The molecule has 2 aliphatic rings. The minimum absolute atomic E-state index is 0.114. The van der Waals surface area contributed by atoms with Crippen LogP contribution in [-0.2, 0) is 11.2 Å². The number of benzene rings is 1. The van der Waals surface area contributed by atoms with E-state index in [1.165, 1.54) is 0 Å². The van der Waals surface area contributed by atoms with Crippen molar-refractivity contribution in [1.29, 1.82) is 0 Å². The molecule has 0 saturated carbocycles. The number of carbonyl (C=O) groups is 1. The van der Waals surface area contributed by atoms with E-state index in [9.17, 15) is 9.90 Å². The summed E-state index contributed by atoms with van der Waals surface area (Å²) in [7, 11) is 0. The molecule has 7 heteroatoms. The third kappa shape index (κ3) is 3.77. The van der Waals surface area contributed by atoms with Gasteiger partial charge in [0.25, 0.3) is 0 Å². The van der Waals surface area contributed by atoms with Crippen LogP contribution in [0, 0.1) is 5.41 Å². The van der Waals surface area contributed by atoms with Gasteiger partial charge in [0, 0.05) is 43.6 Å². The standard InChI is InChI=1S/C20H23ClN4O2/c21-16-6-4-15(5-7-16)11-20(18(27)24-10-1-3-17(26)12-24)13-25(14-20)19-22-8-2-9-23-19/h2,4-9,17,26H,1,3,10-14H2. The van der Waals surface area contributed by atoms with Gasteiger partial charge in [0.15, 0.2) is 0 Å². The van der Waals surface area contributed by atoms with Gasteiger partial charge in [-0.3, -0.25) is 4.79 Å². The second kappa shape index (κ2) is 7.44. The smallest absolute Gasteiger partial charge is 0.232 e. The summed E-state index contributed by atoms with van der Waals surface area (Å²) in [6.45, 7) is 2.28. The highest BCUT2D eigenvalue weighted by molar-refractivity contribution is 6.30. The van der Waals surface area contributed by atoms with Crippen molar-refractivity contribution in [1.82, 2.24) is 14.9 Å². The zero-order valence-corrected chi connectivity index (χ0v) is 15.8. The molecule has 0 radical (unpaired) electrons. The Kier molecular flexibility index (Phi) is 5.02. The Morgan fingerprint density at radius 3 is 2.59 bits per heavy atom. The number of rotatable bonds is 4. The molecule has 2 saturated heterocycles. The highest BCUT2D eigenvalue weighted by atomic mass is 35.5. The highest BCUT2D eigenvalue weighted by Gasteiger charge is 2.52. The molecule has 0 spiro atoms. The fourth-order valence-corrected chi connectivity index (χ4v) is 4.20. The molecule has 1 atom stereocenters. The lowest BCUT2D eigenvalue weighted by Gasteiger charge is -2.51. The Labute approximate surface area is 163 Å². The number of likely N-dealkylation sites (tertiary alicyclic amines) is 1. The minimum Gasteiger partial charge on any atom is -0.391 e. The van der Waals surface area contributed by atoms with Gasteiger partial charge in [-0.2, -0.15) is 0 Å². The Morgan fingerprint density at radius 1 is 1.22 bits per heavy atom. The number of amides is 1. The van der Waals surface area contributed by atoms with E-state index in [0.29, 0.717) is 43.6 Å². The molecular weight excluding hydrogens is 364 g/mol. The Morgan fingerprint density at radius 2 is 1.93 bits per heavy atom. The third-order valence-corrected chi connectivity index (χ3v) is 5.67. The van der Waals surface area contributed by atoms with Crippen LogP contribution in [0.2, 0.25) is 5.02 Å². The van der Waals surface area contributed by atoms with Gasteiger partial charge in [-0.15, -0.1) is 0 Å². The summed E-state index contributed by atoms with van der Waals surface area (Å²) in [6, 6.07) is 9.45. The maximum absolute atomic E-state index is 13.4. The molecule has 1 amide bonds. The number of halogens is 1. The van der Waals surface area contributed by atoms with Crippen LogP contribution >= 0.6 is 11.6 Å². The van der Waals surface area contributed by atoms with Crippen LogP contribution in [0.25, 0.3) is 0 Å². The molecule has 1 aromatic carbocycles. The predicted molar refractivity (Wildman–Crippen MR) is 104 cm³/mol. The fraction of sp³-hybridized carbons (Fsp3) is 0.450. The molecule has 142 valence electrons. The molecule has 2 aliphatic heterocycles. The molecule has 4 rings (SSSR count). The summed E-state index contributed by atoms with van der Waals surface area (Å²) in [6.07, 6.45) is 5.24. The van der Waals surface area contributed by atoms with Crippen LogP contribution in [0.4, 0.5) is 5.95 Å². The molecule has 1 N–H and O–H groups in total. The number of hydrogen-bond donors (Lipinski definition) is 1. The summed E-state index contributed by atoms with van der Waals surface area (Å²) in [5, 5.41) is 10.7. The van der Waals surface area contributed by atoms with E-state index in [0.717, 1.165) is 18.4 Å². The lowest BCUT2D eigenvalue weighted by atomic mass is 9.73. The zero-order chi connectivity index (χ0) is 18.9. The van der Waals surface area contributed by atoms with Gasteiger partial charge in [-0.1, -0.05) is 23.7 Å². The first-order valence-corrected chi connectivity index (χ1v) is 9.67. The van der Waals surface area contributed by atoms with Crippen LogP contribution in [0.15, 0.2) is 42.7 Å². The van der Waals surface area contributed by atoms with Gasteiger partial charge in [0.2, 0.25) is 11.9 Å². The molecule has 1 unspecified atom stereocenters. The van der Waals surface area contributed by atoms with E-state index >= 15 is 0 Å². The second-order valence-electron chi connectivity index (χ2n) is 7.54. The number of nitrogens with zero attached hydrogens (tertiary/aromatic N) is 4. The van der Waals surface area contributed by atoms with E-state index in [1.54, 1.807) is 18.5 Å². The van der Waals surface area contributed by atoms with Crippen molar-refractivity contribution in [2.24, 2.45) is 5.41 Å². The number of aliphatic hydroxyl groups excluding tert-OH is 1. The number of β-amino-alcohol motifs (C(OH)–C–C–N with tert-alkyl or cyclic N) is 1. The Bertz CT molecular complexity index is 793. The first-order valence-electron chi connectivity index (χ1n) is 9.30. The average molecular weight is 387 g/mol. The third-order valence-electron chi connectivity index (χ3n) is 5.42. The number of anilines is 1. The van der Waals surface area contributed by atoms with E-state index in [2.05, 4.69) is 9.97 Å². The van der Waals surface area contributed by atoms with E-state index in [4.69, 9.17) is 11.6 Å². The van der Waals surface area contributed by atoms with Crippen LogP contribution < -0.4 is 4.90 Å². The van der Waals surface area contributed by atoms with Gasteiger partial charge in [-0.25, -0.2) is 9.97 Å². The summed E-state index contributed by atoms with van der Waals surface area (Å²) < 4.78 is 0. The Hall–Kier alpha value is -2.18. The number of aromatic nitrogens is 2. The molecule has 2 aromatic rings. The normalized spacial score (nSPS) is 21.6. The summed E-state index contributed by atoms with van der Waals surface area (Å²) in [5.41, 5.74) is 0.559. The van der Waals surface area contributed by atoms with Crippen molar-refractivity contribution in [3.63, 3.8) is 0 Å². The number of piperidine rings is 1. The van der Waals surface area contributed by atoms with Gasteiger partial charge in [0.05, 0.1) is 11.5 Å². The molecule has 0 aliphatic carbocycles. The molecule has 6 nitrogen and oxygen atoms in total. The molecule has 3 heterocycles. The monoisotopic (exact) mass is 386 g/mol. The fourth-order valence-electron chi connectivity index (χ4n) is 4.07. The van der Waals surface area contributed by atoms with Crippen molar-refractivity contribution >= 4 is 23.5 Å². The SMILES string of the molecule is O=C(N1CCCC(O)C1)C1(Cc2ccc(Cl)cc2)CN(c2ncccn2)C1. The predicted octanol–water partition coefficient (Wildman–Crippen LogP) is 2.16. The summed E-state index contributed by atoms with van der Waals surface area (Å²) in [4.78, 5) is 25.9. The van der Waals surface area contributed by atoms with Crippen molar-refractivity contribution in [2.75, 3.05) is 31.1 Å². The zero-order valence-electron chi connectivity index (χ0n) is 15.1. The van der Waals surface area contributed by atoms with Crippen molar-refractivity contribution in [3.8, 4) is 0 Å². The van der Waals surface area contributed by atoms with Gasteiger partial charge in [-0.05, 0) is 43.0 Å². The minimum atomic E-state index is -0.524. The first-order chi connectivity index (χ1) is 13.1. The largest absolute Gasteiger partial charge is 0.391 e. The average Bonchev–Trinajstić information content (AvgIpc) is 2.66. The van der Waals surface area contributed by atoms with Crippen molar-refractivity contribution < 1.29 is 9.90 Å². The van der Waals surface area contributed by atoms with Gasteiger partial charge in [0.1, 0.15) is 0 Å². The molecule has 27 heavy (non-hydrogen) atoms. The maximum atomic E-state index is 13.4. The van der Waals surface area contributed by atoms with E-state index < -0.39 is 11.5 Å². The van der Waals surface area contributed by atoms with Crippen LogP contribution in [0.1, 0.15) is 18.4 Å². The van der Waals surface area contributed by atoms with Crippen LogP contribution in [0.5, 0.6) is 0 Å². The van der Waals surface area contributed by atoms with Crippen LogP contribution in [0.3, 0.4) is 0 Å². The van der Waals surface area contributed by atoms with Gasteiger partial charge >= 0.3 is 0 Å². The van der Waals surface area contributed by atoms with Crippen LogP contribution in [-0.4, -0.2) is 58.2 Å². The van der Waals surface area contributed by atoms with E-state index in [1.807, 2.05) is 34.1 Å². The Balaban J connectivity index is 1.56. The quantitative estimate of drug-likeness (QED) is 0.872. The molecule has 0 bridgehead atoms. The number of aliphatic hydroxyl groups is 1. The molecular formula is C20H23ClN4O2.